The zero-order valence-corrected chi connectivity index (χ0v) is 20.8. The maximum atomic E-state index is 13.2. The van der Waals surface area contributed by atoms with Gasteiger partial charge in [-0.15, -0.1) is 0 Å². The van der Waals surface area contributed by atoms with Crippen LogP contribution in [0.25, 0.3) is 5.69 Å². The Morgan fingerprint density at radius 1 is 1.03 bits per heavy atom. The van der Waals surface area contributed by atoms with E-state index in [9.17, 15) is 39.6 Å². The third-order valence-electron chi connectivity index (χ3n) is 5.13. The average Bonchev–Trinajstić information content (AvgIpc) is 2.76. The molecule has 1 N–H and O–H groups in total. The number of aromatic nitrogens is 2. The smallest absolute Gasteiger partial charge is 0.346 e. The third-order valence-corrected chi connectivity index (χ3v) is 7.44. The minimum absolute atomic E-state index is 0.0436. The van der Waals surface area contributed by atoms with Gasteiger partial charge in [-0.05, 0) is 43.3 Å². The molecule has 1 amide bonds. The summed E-state index contributed by atoms with van der Waals surface area (Å²) in [6.45, 7) is 1.00. The average molecular weight is 544 g/mol. The molecule has 2 aromatic heterocycles. The molecule has 0 spiro atoms. The van der Waals surface area contributed by atoms with Crippen LogP contribution < -0.4 is 10.9 Å². The van der Waals surface area contributed by atoms with Crippen LogP contribution in [0.15, 0.2) is 63.2 Å². The standard InChI is InChI=1S/C22H20F3N3O6S2/c1-13-19(36(3,33)34)10-18(20(29)27-11-15-7-8-17(12-26-15)35(2,31)32)21(30)28(13)16-6-4-5-14(9-16)22(23,24)25/h4-10,12H,11H2,1-3H3,(H,27,29). The fraction of sp³-hybridized carbons (Fsp3) is 0.227. The number of halogens is 3. The molecule has 36 heavy (non-hydrogen) atoms. The number of amides is 1. The first kappa shape index (κ1) is 27.1. The molecule has 3 aromatic rings. The molecule has 0 aliphatic heterocycles. The second-order valence-corrected chi connectivity index (χ2v) is 11.9. The van der Waals surface area contributed by atoms with Gasteiger partial charge in [-0.2, -0.15) is 13.2 Å². The van der Waals surface area contributed by atoms with Gasteiger partial charge in [0.15, 0.2) is 19.7 Å². The van der Waals surface area contributed by atoms with E-state index in [0.717, 1.165) is 41.5 Å². The highest BCUT2D eigenvalue weighted by atomic mass is 32.2. The van der Waals surface area contributed by atoms with Crippen molar-refractivity contribution in [3.63, 3.8) is 0 Å². The lowest BCUT2D eigenvalue weighted by Crippen LogP contribution is -2.34. The van der Waals surface area contributed by atoms with Gasteiger partial charge in [0.1, 0.15) is 5.56 Å². The number of carbonyl (C=O) groups excluding carboxylic acids is 1. The van der Waals surface area contributed by atoms with Gasteiger partial charge in [-0.1, -0.05) is 6.07 Å². The molecule has 0 atom stereocenters. The van der Waals surface area contributed by atoms with Crippen LogP contribution in [0.1, 0.15) is 27.3 Å². The predicted octanol–water partition coefficient (Wildman–Crippen LogP) is 2.30. The summed E-state index contributed by atoms with van der Waals surface area (Å²) in [5.41, 5.74) is -2.92. The fourth-order valence-electron chi connectivity index (χ4n) is 3.35. The molecule has 0 saturated carbocycles. The van der Waals surface area contributed by atoms with Gasteiger partial charge in [0, 0.05) is 30.1 Å². The number of alkyl halides is 3. The molecular weight excluding hydrogens is 523 g/mol. The van der Waals surface area contributed by atoms with Crippen molar-refractivity contribution < 1.29 is 34.8 Å². The Hall–Kier alpha value is -3.52. The number of carbonyl (C=O) groups is 1. The topological polar surface area (TPSA) is 132 Å². The van der Waals surface area contributed by atoms with Gasteiger partial charge in [0.05, 0.1) is 27.6 Å². The summed E-state index contributed by atoms with van der Waals surface area (Å²) in [6.07, 6.45) is -1.80. The van der Waals surface area contributed by atoms with Crippen molar-refractivity contribution in [3.8, 4) is 5.69 Å². The number of hydrogen-bond donors (Lipinski definition) is 1. The van der Waals surface area contributed by atoms with Crippen LogP contribution in [0.4, 0.5) is 13.2 Å². The molecule has 3 rings (SSSR count). The van der Waals surface area contributed by atoms with E-state index in [0.29, 0.717) is 6.07 Å². The molecule has 14 heteroatoms. The summed E-state index contributed by atoms with van der Waals surface area (Å²) < 4.78 is 88.2. The van der Waals surface area contributed by atoms with Crippen LogP contribution in [-0.2, 0) is 32.4 Å². The van der Waals surface area contributed by atoms with E-state index in [4.69, 9.17) is 0 Å². The van der Waals surface area contributed by atoms with Crippen molar-refractivity contribution in [2.24, 2.45) is 0 Å². The molecule has 192 valence electrons. The number of rotatable bonds is 6. The van der Waals surface area contributed by atoms with Crippen molar-refractivity contribution in [2.75, 3.05) is 12.5 Å². The Morgan fingerprint density at radius 3 is 2.22 bits per heavy atom. The number of nitrogens with one attached hydrogen (secondary N) is 1. The Labute approximate surface area is 204 Å². The molecule has 2 heterocycles. The normalized spacial score (nSPS) is 12.4. The second kappa shape index (κ2) is 9.50. The van der Waals surface area contributed by atoms with Gasteiger partial charge in [-0.3, -0.25) is 19.1 Å². The van der Waals surface area contributed by atoms with Crippen LogP contribution in [0.3, 0.4) is 0 Å². The molecule has 1 aromatic carbocycles. The van der Waals surface area contributed by atoms with E-state index in [-0.39, 0.29) is 28.5 Å². The quantitative estimate of drug-likeness (QED) is 0.505. The number of nitrogens with zero attached hydrogens (tertiary/aromatic N) is 2. The first-order chi connectivity index (χ1) is 16.5. The molecule has 0 aliphatic rings. The molecular formula is C22H20F3N3O6S2. The van der Waals surface area contributed by atoms with Crippen molar-refractivity contribution >= 4 is 25.6 Å². The summed E-state index contributed by atoms with van der Waals surface area (Å²) in [7, 11) is -7.48. The predicted molar refractivity (Wildman–Crippen MR) is 123 cm³/mol. The van der Waals surface area contributed by atoms with Gasteiger partial charge in [-0.25, -0.2) is 16.8 Å². The summed E-state index contributed by atoms with van der Waals surface area (Å²) in [4.78, 5) is 29.5. The van der Waals surface area contributed by atoms with Crippen LogP contribution in [0.2, 0.25) is 0 Å². The largest absolute Gasteiger partial charge is 0.416 e. The van der Waals surface area contributed by atoms with Crippen LogP contribution in [-0.4, -0.2) is 44.8 Å². The summed E-state index contributed by atoms with van der Waals surface area (Å²) >= 11 is 0. The minimum atomic E-state index is -4.72. The van der Waals surface area contributed by atoms with Crippen LogP contribution in [0, 0.1) is 6.92 Å². The van der Waals surface area contributed by atoms with Gasteiger partial charge in [0.2, 0.25) is 0 Å². The van der Waals surface area contributed by atoms with Gasteiger partial charge < -0.3 is 5.32 Å². The molecule has 0 fully saturated rings. The Morgan fingerprint density at radius 2 is 1.69 bits per heavy atom. The van der Waals surface area contributed by atoms with Crippen molar-refractivity contribution in [3.05, 3.63) is 81.5 Å². The molecule has 0 aliphatic carbocycles. The minimum Gasteiger partial charge on any atom is -0.346 e. The second-order valence-electron chi connectivity index (χ2n) is 7.91. The Bertz CT molecular complexity index is 1610. The molecule has 9 nitrogen and oxygen atoms in total. The van der Waals surface area contributed by atoms with Crippen molar-refractivity contribution in [1.29, 1.82) is 0 Å². The van der Waals surface area contributed by atoms with E-state index < -0.39 is 53.3 Å². The van der Waals surface area contributed by atoms with E-state index >= 15 is 0 Å². The van der Waals surface area contributed by atoms with E-state index in [2.05, 4.69) is 10.3 Å². The molecule has 0 radical (unpaired) electrons. The zero-order valence-electron chi connectivity index (χ0n) is 19.1. The van der Waals surface area contributed by atoms with E-state index in [1.54, 1.807) is 0 Å². The maximum absolute atomic E-state index is 13.2. The first-order valence-corrected chi connectivity index (χ1v) is 13.9. The number of benzene rings is 1. The van der Waals surface area contributed by atoms with E-state index in [1.807, 2.05) is 0 Å². The number of pyridine rings is 2. The Kier molecular flexibility index (Phi) is 7.15. The Balaban J connectivity index is 2.07. The summed E-state index contributed by atoms with van der Waals surface area (Å²) in [6, 6.07) is 7.20. The van der Waals surface area contributed by atoms with Gasteiger partial charge in [0.25, 0.3) is 11.5 Å². The molecule has 0 saturated heterocycles. The lowest BCUT2D eigenvalue weighted by atomic mass is 10.1. The molecule has 0 unspecified atom stereocenters. The lowest BCUT2D eigenvalue weighted by molar-refractivity contribution is -0.137. The monoisotopic (exact) mass is 543 g/mol. The van der Waals surface area contributed by atoms with E-state index in [1.165, 1.54) is 25.1 Å². The van der Waals surface area contributed by atoms with Crippen LogP contribution >= 0.6 is 0 Å². The third kappa shape index (κ3) is 5.82. The van der Waals surface area contributed by atoms with Crippen LogP contribution in [0.5, 0.6) is 0 Å². The van der Waals surface area contributed by atoms with Crippen molar-refractivity contribution in [1.82, 2.24) is 14.9 Å². The van der Waals surface area contributed by atoms with Crippen molar-refractivity contribution in [2.45, 2.75) is 29.4 Å². The number of sulfone groups is 2. The van der Waals surface area contributed by atoms with Gasteiger partial charge >= 0.3 is 6.18 Å². The first-order valence-electron chi connectivity index (χ1n) is 10.1. The maximum Gasteiger partial charge on any atom is 0.416 e. The summed E-state index contributed by atoms with van der Waals surface area (Å²) in [5, 5.41) is 2.39. The zero-order chi connectivity index (χ0) is 27.1. The molecule has 0 bridgehead atoms. The highest BCUT2D eigenvalue weighted by molar-refractivity contribution is 7.91. The SMILES string of the molecule is Cc1c(S(C)(=O)=O)cc(C(=O)NCc2ccc(S(C)(=O)=O)cn2)c(=O)n1-c1cccc(C(F)(F)F)c1. The lowest BCUT2D eigenvalue weighted by Gasteiger charge is -2.17. The fourth-order valence-corrected chi connectivity index (χ4v) is 4.87. The highest BCUT2D eigenvalue weighted by Crippen LogP contribution is 2.30. The highest BCUT2D eigenvalue weighted by Gasteiger charge is 2.31. The number of hydrogen-bond acceptors (Lipinski definition) is 7. The summed E-state index contributed by atoms with van der Waals surface area (Å²) in [5.74, 6) is -1.00.